The number of carbonyl (C=O) groups is 6. The van der Waals surface area contributed by atoms with Gasteiger partial charge in [0.2, 0.25) is 35.4 Å². The smallest absolute Gasteiger partial charge is 0.249 e. The van der Waals surface area contributed by atoms with Gasteiger partial charge in [0, 0.05) is 5.92 Å². The molecule has 2 unspecified atom stereocenters. The molecule has 0 radical (unpaired) electrons. The highest BCUT2D eigenvalue weighted by Crippen LogP contribution is 2.30. The van der Waals surface area contributed by atoms with Crippen LogP contribution in [0, 0.1) is 17.8 Å². The Kier molecular flexibility index (Phi) is 15.6. The molecule has 49 heavy (non-hydrogen) atoms. The van der Waals surface area contributed by atoms with Gasteiger partial charge >= 0.3 is 0 Å². The Morgan fingerprint density at radius 2 is 1.37 bits per heavy atom. The van der Waals surface area contributed by atoms with Crippen LogP contribution in [0.15, 0.2) is 30.3 Å². The average Bonchev–Trinajstić information content (AvgIpc) is 3.60. The van der Waals surface area contributed by atoms with Crippen LogP contribution in [0.1, 0.15) is 72.8 Å². The van der Waals surface area contributed by atoms with E-state index in [0.29, 0.717) is 18.4 Å². The van der Waals surface area contributed by atoms with E-state index in [-0.39, 0.29) is 12.3 Å². The second-order valence-corrected chi connectivity index (χ2v) is 13.6. The summed E-state index contributed by atoms with van der Waals surface area (Å²) in [7, 11) is 0. The van der Waals surface area contributed by atoms with E-state index >= 15 is 0 Å². The molecule has 0 saturated heterocycles. The van der Waals surface area contributed by atoms with Crippen LogP contribution in [-0.4, -0.2) is 94.1 Å². The lowest BCUT2D eigenvalue weighted by Crippen LogP contribution is -2.74. The lowest BCUT2D eigenvalue weighted by Gasteiger charge is -2.45. The topological polar surface area (TPSA) is 255 Å². The predicted octanol–water partition coefficient (Wildman–Crippen LogP) is -1.27. The molecule has 1 saturated carbocycles. The number of rotatable bonds is 18. The molecule has 7 atom stereocenters. The maximum atomic E-state index is 14.4. The van der Waals surface area contributed by atoms with Crippen LogP contribution in [0.2, 0.25) is 0 Å². The van der Waals surface area contributed by atoms with E-state index in [9.17, 15) is 33.9 Å². The molecule has 0 spiro atoms. The maximum absolute atomic E-state index is 14.4. The van der Waals surface area contributed by atoms with E-state index in [4.69, 9.17) is 16.6 Å². The van der Waals surface area contributed by atoms with Gasteiger partial charge in [-0.05, 0) is 50.5 Å². The van der Waals surface area contributed by atoms with Gasteiger partial charge in [0.15, 0.2) is 0 Å². The summed E-state index contributed by atoms with van der Waals surface area (Å²) in [6, 6.07) is 3.05. The van der Waals surface area contributed by atoms with Crippen molar-refractivity contribution >= 4 is 35.4 Å². The molecule has 15 nitrogen and oxygen atoms in total. The molecular weight excluding hydrogens is 634 g/mol. The Morgan fingerprint density at radius 1 is 0.837 bits per heavy atom. The van der Waals surface area contributed by atoms with Crippen LogP contribution in [0.5, 0.6) is 0 Å². The lowest BCUT2D eigenvalue weighted by molar-refractivity contribution is -0.147. The van der Waals surface area contributed by atoms with E-state index in [2.05, 4.69) is 26.6 Å². The van der Waals surface area contributed by atoms with E-state index in [0.717, 1.165) is 12.8 Å². The highest BCUT2D eigenvalue weighted by atomic mass is 16.3. The number of hydrogen-bond donors (Lipinski definition) is 9. The minimum Gasteiger partial charge on any atom is -0.394 e. The zero-order chi connectivity index (χ0) is 37.1. The van der Waals surface area contributed by atoms with Gasteiger partial charge in [-0.25, -0.2) is 0 Å². The number of nitrogens with one attached hydrogen (secondary N) is 5. The second kappa shape index (κ2) is 18.6. The third-order valence-corrected chi connectivity index (χ3v) is 9.11. The first-order valence-electron chi connectivity index (χ1n) is 16.9. The summed E-state index contributed by atoms with van der Waals surface area (Å²) in [6.07, 6.45) is 1.17. The Bertz CT molecular complexity index is 1300. The highest BCUT2D eigenvalue weighted by Gasteiger charge is 2.53. The van der Waals surface area contributed by atoms with E-state index in [1.54, 1.807) is 58.0 Å². The molecule has 0 aliphatic heterocycles. The molecule has 6 amide bonds. The van der Waals surface area contributed by atoms with Crippen LogP contribution in [0.3, 0.4) is 0 Å². The molecule has 0 bridgehead atoms. The van der Waals surface area contributed by atoms with Gasteiger partial charge in [-0.3, -0.25) is 28.8 Å². The van der Waals surface area contributed by atoms with Gasteiger partial charge in [0.25, 0.3) is 0 Å². The Balaban J connectivity index is 2.51. The molecular formula is C34H55N7O8. The van der Waals surface area contributed by atoms with Crippen molar-refractivity contribution in [1.82, 2.24) is 26.6 Å². The number of primary amides is 1. The fourth-order valence-corrected chi connectivity index (χ4v) is 5.94. The third-order valence-electron chi connectivity index (χ3n) is 9.11. The van der Waals surface area contributed by atoms with Crippen LogP contribution in [0.4, 0.5) is 0 Å². The van der Waals surface area contributed by atoms with E-state index in [1.165, 1.54) is 13.8 Å². The second-order valence-electron chi connectivity index (χ2n) is 13.6. The molecule has 1 aliphatic rings. The molecule has 1 aliphatic carbocycles. The normalized spacial score (nSPS) is 18.3. The van der Waals surface area contributed by atoms with Crippen molar-refractivity contribution in [2.45, 2.75) is 115 Å². The number of aliphatic hydroxyl groups is 2. The summed E-state index contributed by atoms with van der Waals surface area (Å²) in [5, 5.41) is 34.6. The fourth-order valence-electron chi connectivity index (χ4n) is 5.94. The number of nitrogens with two attached hydrogens (primary N) is 2. The summed E-state index contributed by atoms with van der Waals surface area (Å²) < 4.78 is 0. The number of amides is 6. The van der Waals surface area contributed by atoms with Crippen LogP contribution < -0.4 is 38.1 Å². The van der Waals surface area contributed by atoms with Crippen molar-refractivity contribution in [1.29, 1.82) is 0 Å². The van der Waals surface area contributed by atoms with Gasteiger partial charge in [-0.15, -0.1) is 0 Å². The van der Waals surface area contributed by atoms with Crippen LogP contribution >= 0.6 is 0 Å². The lowest BCUT2D eigenvalue weighted by atomic mass is 9.75. The maximum Gasteiger partial charge on any atom is 0.249 e. The van der Waals surface area contributed by atoms with Crippen molar-refractivity contribution in [3.8, 4) is 0 Å². The number of aliphatic hydroxyl groups excluding tert-OH is 2. The molecule has 1 fully saturated rings. The summed E-state index contributed by atoms with van der Waals surface area (Å²) >= 11 is 0. The van der Waals surface area contributed by atoms with Gasteiger partial charge in [0.05, 0.1) is 12.6 Å². The van der Waals surface area contributed by atoms with Crippen LogP contribution in [0.25, 0.3) is 0 Å². The Hall–Kier alpha value is -4.08. The van der Waals surface area contributed by atoms with Crippen molar-refractivity contribution in [2.75, 3.05) is 6.61 Å². The molecule has 1 aromatic carbocycles. The van der Waals surface area contributed by atoms with Gasteiger partial charge in [0.1, 0.15) is 35.8 Å². The minimum atomic E-state index is -2.04. The van der Waals surface area contributed by atoms with Crippen molar-refractivity contribution in [3.63, 3.8) is 0 Å². The summed E-state index contributed by atoms with van der Waals surface area (Å²) in [5.41, 5.74) is 9.77. The van der Waals surface area contributed by atoms with E-state index in [1.807, 2.05) is 0 Å². The van der Waals surface area contributed by atoms with Gasteiger partial charge in [-0.2, -0.15) is 0 Å². The zero-order valence-electron chi connectivity index (χ0n) is 29.3. The molecule has 1 aromatic rings. The first kappa shape index (κ1) is 41.1. The molecule has 11 N–H and O–H groups in total. The predicted molar refractivity (Wildman–Crippen MR) is 182 cm³/mol. The number of benzene rings is 1. The van der Waals surface area contributed by atoms with Crippen molar-refractivity contribution in [3.05, 3.63) is 35.9 Å². The molecule has 0 aromatic heterocycles. The minimum absolute atomic E-state index is 0.0183. The average molecular weight is 690 g/mol. The highest BCUT2D eigenvalue weighted by molar-refractivity contribution is 5.96. The monoisotopic (exact) mass is 689 g/mol. The molecule has 2 rings (SSSR count). The Morgan fingerprint density at radius 3 is 1.86 bits per heavy atom. The van der Waals surface area contributed by atoms with Crippen LogP contribution in [-0.2, 0) is 35.2 Å². The fraction of sp³-hybridized carbons (Fsp3) is 0.647. The van der Waals surface area contributed by atoms with Crippen molar-refractivity contribution < 1.29 is 39.0 Å². The summed E-state index contributed by atoms with van der Waals surface area (Å²) in [5.74, 6) is -5.81. The van der Waals surface area contributed by atoms with Crippen molar-refractivity contribution in [2.24, 2.45) is 29.2 Å². The van der Waals surface area contributed by atoms with Gasteiger partial charge in [-0.1, -0.05) is 70.9 Å². The number of hydrogen-bond acceptors (Lipinski definition) is 9. The summed E-state index contributed by atoms with van der Waals surface area (Å²) in [4.78, 5) is 78.8. The van der Waals surface area contributed by atoms with Gasteiger partial charge < -0.3 is 48.3 Å². The van der Waals surface area contributed by atoms with E-state index < -0.39 is 95.7 Å². The molecule has 0 heterocycles. The largest absolute Gasteiger partial charge is 0.394 e. The summed E-state index contributed by atoms with van der Waals surface area (Å²) in [6.45, 7) is 8.84. The zero-order valence-corrected chi connectivity index (χ0v) is 29.3. The SMILES string of the molecule is CC(C)[C@H](NC(=O)[C@@](NC(=O)C1CCCC1)(C(C)C)C(O)C(Cc1ccccc1)NC(=O)[C@H](C)NC(=O)[C@H](C)NC(=O)[C@@H](N)CO)C(N)=O. The number of carbonyl (C=O) groups excluding carboxylic acids is 6. The standard InChI is InChI=1S/C34H55N7O8/c1-18(2)26(28(36)44)40-33(49)34(19(3)4,41-31(47)23-14-10-11-15-23)27(43)25(16-22-12-8-7-9-13-22)39-30(46)21(6)37-29(45)20(5)38-32(48)24(35)17-42/h7-9,12-13,18-21,23-27,42-43H,10-11,14-17,35H2,1-6H3,(H2,36,44)(H,37,45)(H,38,48)(H,39,46)(H,40,49)(H,41,47)/t20-,21-,24-,25?,26-,27?,34+/m0/s1. The molecule has 274 valence electrons. The first-order valence-corrected chi connectivity index (χ1v) is 16.9. The third kappa shape index (κ3) is 11.0. The first-order chi connectivity index (χ1) is 23.0. The Labute approximate surface area is 288 Å². The molecule has 15 heteroatoms. The quantitative estimate of drug-likeness (QED) is 0.0890.